The quantitative estimate of drug-likeness (QED) is 0.792. The van der Waals surface area contributed by atoms with E-state index in [1.54, 1.807) is 42.8 Å². The van der Waals surface area contributed by atoms with Crippen LogP contribution in [0.3, 0.4) is 0 Å². The van der Waals surface area contributed by atoms with Crippen LogP contribution >= 0.6 is 0 Å². The second kappa shape index (κ2) is 5.56. The molecule has 0 saturated heterocycles. The Morgan fingerprint density at radius 3 is 2.47 bits per heavy atom. The van der Waals surface area contributed by atoms with Crippen LogP contribution in [0.5, 0.6) is 0 Å². The van der Waals surface area contributed by atoms with Gasteiger partial charge in [-0.05, 0) is 26.0 Å². The molecular formula is C14H15NO4. The summed E-state index contributed by atoms with van der Waals surface area (Å²) in [5.74, 6) is -1.03. The lowest BCUT2D eigenvalue weighted by Gasteiger charge is -2.04. The molecule has 0 N–H and O–H groups in total. The van der Waals surface area contributed by atoms with Crippen LogP contribution in [-0.4, -0.2) is 29.6 Å². The zero-order valence-corrected chi connectivity index (χ0v) is 10.9. The Labute approximate surface area is 110 Å². The van der Waals surface area contributed by atoms with Crippen molar-refractivity contribution in [3.05, 3.63) is 41.7 Å². The van der Waals surface area contributed by atoms with Crippen molar-refractivity contribution in [2.45, 2.75) is 13.8 Å². The largest absolute Gasteiger partial charge is 0.462 e. The van der Waals surface area contributed by atoms with Crippen LogP contribution in [0.1, 0.15) is 34.6 Å². The molecule has 2 heterocycles. The van der Waals surface area contributed by atoms with Crippen molar-refractivity contribution >= 4 is 17.5 Å². The Morgan fingerprint density at radius 1 is 1.11 bits per heavy atom. The number of carbonyl (C=O) groups excluding carboxylic acids is 2. The summed E-state index contributed by atoms with van der Waals surface area (Å²) < 4.78 is 11.7. The third-order valence-electron chi connectivity index (χ3n) is 2.66. The van der Waals surface area contributed by atoms with E-state index in [-0.39, 0.29) is 24.3 Å². The van der Waals surface area contributed by atoms with Crippen LogP contribution in [0.25, 0.3) is 5.52 Å². The fourth-order valence-electron chi connectivity index (χ4n) is 1.90. The fourth-order valence-corrected chi connectivity index (χ4v) is 1.90. The maximum absolute atomic E-state index is 12.0. The number of hydrogen-bond acceptors (Lipinski definition) is 4. The van der Waals surface area contributed by atoms with E-state index in [9.17, 15) is 9.59 Å². The predicted octanol–water partition coefficient (Wildman–Crippen LogP) is 2.29. The van der Waals surface area contributed by atoms with Gasteiger partial charge < -0.3 is 13.9 Å². The van der Waals surface area contributed by atoms with Crippen molar-refractivity contribution in [1.29, 1.82) is 0 Å². The Balaban J connectivity index is 2.58. The minimum atomic E-state index is -0.519. The lowest BCUT2D eigenvalue weighted by atomic mass is 10.1. The molecule has 2 rings (SSSR count). The van der Waals surface area contributed by atoms with Crippen molar-refractivity contribution in [2.75, 3.05) is 13.2 Å². The molecule has 100 valence electrons. The number of pyridine rings is 1. The van der Waals surface area contributed by atoms with E-state index in [1.165, 1.54) is 0 Å². The van der Waals surface area contributed by atoms with Gasteiger partial charge in [0.15, 0.2) is 0 Å². The monoisotopic (exact) mass is 261 g/mol. The molecule has 0 spiro atoms. The fraction of sp³-hybridized carbons (Fsp3) is 0.286. The first kappa shape index (κ1) is 13.1. The van der Waals surface area contributed by atoms with Crippen molar-refractivity contribution in [1.82, 2.24) is 4.40 Å². The van der Waals surface area contributed by atoms with Gasteiger partial charge in [-0.3, -0.25) is 0 Å². The number of fused-ring (bicyclic) bond motifs is 1. The molecule has 0 unspecified atom stereocenters. The summed E-state index contributed by atoms with van der Waals surface area (Å²) >= 11 is 0. The zero-order valence-electron chi connectivity index (χ0n) is 10.9. The van der Waals surface area contributed by atoms with Gasteiger partial charge in [0.1, 0.15) is 0 Å². The third kappa shape index (κ3) is 2.45. The van der Waals surface area contributed by atoms with Crippen LogP contribution in [0.2, 0.25) is 0 Å². The van der Waals surface area contributed by atoms with Crippen molar-refractivity contribution in [3.63, 3.8) is 0 Å². The van der Waals surface area contributed by atoms with E-state index in [0.29, 0.717) is 5.52 Å². The maximum Gasteiger partial charge on any atom is 0.341 e. The Bertz CT molecular complexity index is 615. The number of aromatic nitrogens is 1. The van der Waals surface area contributed by atoms with E-state index in [1.807, 2.05) is 6.07 Å². The summed E-state index contributed by atoms with van der Waals surface area (Å²) in [6.45, 7) is 3.95. The van der Waals surface area contributed by atoms with Gasteiger partial charge in [0.25, 0.3) is 0 Å². The second-order valence-electron chi connectivity index (χ2n) is 3.85. The molecule has 0 aliphatic carbocycles. The summed E-state index contributed by atoms with van der Waals surface area (Å²) in [4.78, 5) is 23.9. The van der Waals surface area contributed by atoms with E-state index >= 15 is 0 Å². The first-order valence-electron chi connectivity index (χ1n) is 6.13. The summed E-state index contributed by atoms with van der Waals surface area (Å²) in [5.41, 5.74) is 1.11. The molecule has 19 heavy (non-hydrogen) atoms. The van der Waals surface area contributed by atoms with E-state index in [4.69, 9.17) is 9.47 Å². The number of carbonyl (C=O) groups is 2. The van der Waals surface area contributed by atoms with E-state index < -0.39 is 11.9 Å². The highest BCUT2D eigenvalue weighted by Crippen LogP contribution is 2.20. The maximum atomic E-state index is 12.0. The molecule has 0 bridgehead atoms. The second-order valence-corrected chi connectivity index (χ2v) is 3.85. The zero-order chi connectivity index (χ0) is 13.8. The number of hydrogen-bond donors (Lipinski definition) is 0. The van der Waals surface area contributed by atoms with Gasteiger partial charge in [-0.15, -0.1) is 0 Å². The molecule has 0 aliphatic heterocycles. The SMILES string of the molecule is CCOC(=O)c1cn2ccccc2c1C(=O)OCC. The molecule has 2 aromatic heterocycles. The molecule has 0 fully saturated rings. The van der Waals surface area contributed by atoms with E-state index in [0.717, 1.165) is 0 Å². The van der Waals surface area contributed by atoms with Crippen LogP contribution in [0, 0.1) is 0 Å². The number of esters is 2. The van der Waals surface area contributed by atoms with Crippen molar-refractivity contribution in [2.24, 2.45) is 0 Å². The molecule has 0 amide bonds. The van der Waals surface area contributed by atoms with Gasteiger partial charge in [0.2, 0.25) is 0 Å². The summed E-state index contributed by atoms with van der Waals surface area (Å²) in [6.07, 6.45) is 3.35. The lowest BCUT2D eigenvalue weighted by Crippen LogP contribution is -2.12. The molecule has 5 nitrogen and oxygen atoms in total. The molecule has 0 aromatic carbocycles. The van der Waals surface area contributed by atoms with Gasteiger partial charge >= 0.3 is 11.9 Å². The highest BCUT2D eigenvalue weighted by Gasteiger charge is 2.24. The van der Waals surface area contributed by atoms with Crippen LogP contribution < -0.4 is 0 Å². The van der Waals surface area contributed by atoms with Crippen LogP contribution in [0.4, 0.5) is 0 Å². The number of ether oxygens (including phenoxy) is 2. The highest BCUT2D eigenvalue weighted by molar-refractivity contribution is 6.08. The Kier molecular flexibility index (Phi) is 3.85. The van der Waals surface area contributed by atoms with Crippen molar-refractivity contribution in [3.8, 4) is 0 Å². The van der Waals surface area contributed by atoms with Gasteiger partial charge in [-0.1, -0.05) is 6.07 Å². The van der Waals surface area contributed by atoms with Crippen LogP contribution in [-0.2, 0) is 9.47 Å². The number of rotatable bonds is 4. The van der Waals surface area contributed by atoms with Gasteiger partial charge in [-0.25, -0.2) is 9.59 Å². The minimum Gasteiger partial charge on any atom is -0.462 e. The van der Waals surface area contributed by atoms with Gasteiger partial charge in [0.05, 0.1) is 29.9 Å². The van der Waals surface area contributed by atoms with Crippen LogP contribution in [0.15, 0.2) is 30.6 Å². The summed E-state index contributed by atoms with van der Waals surface area (Å²) in [6, 6.07) is 5.37. The summed E-state index contributed by atoms with van der Waals surface area (Å²) in [7, 11) is 0. The standard InChI is InChI=1S/C14H15NO4/c1-3-18-13(16)10-9-15-8-6-5-7-11(15)12(10)14(17)19-4-2/h5-9H,3-4H2,1-2H3. The minimum absolute atomic E-state index is 0.228. The predicted molar refractivity (Wildman–Crippen MR) is 69.3 cm³/mol. The molecule has 0 aliphatic rings. The van der Waals surface area contributed by atoms with Crippen molar-refractivity contribution < 1.29 is 19.1 Å². The average Bonchev–Trinajstić information content (AvgIpc) is 2.78. The molecule has 0 radical (unpaired) electrons. The molecule has 2 aromatic rings. The third-order valence-corrected chi connectivity index (χ3v) is 2.66. The van der Waals surface area contributed by atoms with Gasteiger partial charge in [-0.2, -0.15) is 0 Å². The number of nitrogens with zero attached hydrogens (tertiary/aromatic N) is 1. The topological polar surface area (TPSA) is 57.0 Å². The first-order chi connectivity index (χ1) is 9.19. The first-order valence-corrected chi connectivity index (χ1v) is 6.13. The van der Waals surface area contributed by atoms with Gasteiger partial charge in [0, 0.05) is 12.4 Å². The average molecular weight is 261 g/mol. The molecule has 5 heteroatoms. The highest BCUT2D eigenvalue weighted by atomic mass is 16.5. The normalized spacial score (nSPS) is 10.4. The molecule has 0 saturated carbocycles. The summed E-state index contributed by atoms with van der Waals surface area (Å²) in [5, 5.41) is 0. The van der Waals surface area contributed by atoms with E-state index in [2.05, 4.69) is 0 Å². The molecule has 0 atom stereocenters. The lowest BCUT2D eigenvalue weighted by molar-refractivity contribution is 0.0482. The Hall–Kier alpha value is -2.30. The Morgan fingerprint density at radius 2 is 1.79 bits per heavy atom. The molecular weight excluding hydrogens is 246 g/mol. The smallest absolute Gasteiger partial charge is 0.341 e.